The van der Waals surface area contributed by atoms with E-state index in [2.05, 4.69) is 5.32 Å². The van der Waals surface area contributed by atoms with Crippen molar-refractivity contribution in [3.05, 3.63) is 39.9 Å². The third kappa shape index (κ3) is 3.35. The van der Waals surface area contributed by atoms with Crippen LogP contribution in [0.25, 0.3) is 0 Å². The predicted octanol–water partition coefficient (Wildman–Crippen LogP) is 2.94. The zero-order valence-electron chi connectivity index (χ0n) is 11.8. The monoisotopic (exact) mass is 278 g/mol. The van der Waals surface area contributed by atoms with Crippen molar-refractivity contribution in [1.29, 1.82) is 0 Å². The lowest BCUT2D eigenvalue weighted by atomic mass is 9.81. The Morgan fingerprint density at radius 1 is 1.30 bits per heavy atom. The van der Waals surface area contributed by atoms with Gasteiger partial charge in [0.25, 0.3) is 5.69 Å². The third-order valence-electron chi connectivity index (χ3n) is 4.24. The molecule has 110 valence electrons. The van der Waals surface area contributed by atoms with Gasteiger partial charge in [-0.3, -0.25) is 10.1 Å². The third-order valence-corrected chi connectivity index (χ3v) is 4.24. The lowest BCUT2D eigenvalue weighted by molar-refractivity contribution is -0.384. The molecule has 1 aliphatic rings. The molecular formula is C15H22N2O3. The van der Waals surface area contributed by atoms with Crippen molar-refractivity contribution in [2.75, 3.05) is 6.61 Å². The predicted molar refractivity (Wildman–Crippen MR) is 77.5 cm³/mol. The first-order chi connectivity index (χ1) is 9.56. The Hall–Kier alpha value is -1.46. The first-order valence-electron chi connectivity index (χ1n) is 7.19. The molecular weight excluding hydrogens is 256 g/mol. The molecule has 1 atom stereocenters. The van der Waals surface area contributed by atoms with E-state index in [0.717, 1.165) is 31.2 Å². The number of benzene rings is 1. The number of nitrogens with zero attached hydrogens (tertiary/aromatic N) is 1. The molecule has 0 aromatic heterocycles. The second-order valence-corrected chi connectivity index (χ2v) is 5.71. The lowest BCUT2D eigenvalue weighted by Crippen LogP contribution is -2.50. The highest BCUT2D eigenvalue weighted by atomic mass is 16.6. The summed E-state index contributed by atoms with van der Waals surface area (Å²) in [6.07, 6.45) is 5.48. The van der Waals surface area contributed by atoms with Gasteiger partial charge < -0.3 is 10.4 Å². The van der Waals surface area contributed by atoms with E-state index >= 15 is 0 Å². The van der Waals surface area contributed by atoms with Crippen LogP contribution in [-0.2, 0) is 0 Å². The van der Waals surface area contributed by atoms with Crippen LogP contribution in [0.1, 0.15) is 50.6 Å². The average Bonchev–Trinajstić information content (AvgIpc) is 2.48. The van der Waals surface area contributed by atoms with Crippen LogP contribution in [-0.4, -0.2) is 22.2 Å². The van der Waals surface area contributed by atoms with Gasteiger partial charge in [0.15, 0.2) is 0 Å². The molecule has 5 nitrogen and oxygen atoms in total. The Bertz CT molecular complexity index is 453. The molecule has 0 heterocycles. The molecule has 20 heavy (non-hydrogen) atoms. The van der Waals surface area contributed by atoms with Gasteiger partial charge in [-0.25, -0.2) is 0 Å². The van der Waals surface area contributed by atoms with Crippen LogP contribution < -0.4 is 5.32 Å². The maximum absolute atomic E-state index is 10.7. The Labute approximate surface area is 119 Å². The maximum Gasteiger partial charge on any atom is 0.269 e. The summed E-state index contributed by atoms with van der Waals surface area (Å²) >= 11 is 0. The summed E-state index contributed by atoms with van der Waals surface area (Å²) in [5, 5.41) is 23.9. The molecule has 1 fully saturated rings. The normalized spacial score (nSPS) is 19.5. The number of nitrogens with one attached hydrogen (secondary N) is 1. The number of rotatable bonds is 5. The molecule has 0 spiro atoms. The van der Waals surface area contributed by atoms with Gasteiger partial charge in [0.1, 0.15) is 0 Å². The molecule has 2 N–H and O–H groups in total. The minimum absolute atomic E-state index is 0.0704. The number of hydrogen-bond acceptors (Lipinski definition) is 4. The minimum Gasteiger partial charge on any atom is -0.394 e. The fraction of sp³-hybridized carbons (Fsp3) is 0.600. The van der Waals surface area contributed by atoms with Gasteiger partial charge in [0.05, 0.1) is 11.5 Å². The summed E-state index contributed by atoms with van der Waals surface area (Å²) in [5.41, 5.74) is 0.920. The van der Waals surface area contributed by atoms with Crippen LogP contribution in [0.3, 0.4) is 0 Å². The topological polar surface area (TPSA) is 75.4 Å². The molecule has 5 heteroatoms. The number of aliphatic hydroxyl groups excluding tert-OH is 1. The van der Waals surface area contributed by atoms with E-state index in [4.69, 9.17) is 0 Å². The van der Waals surface area contributed by atoms with Crippen molar-refractivity contribution in [2.45, 2.75) is 50.6 Å². The van der Waals surface area contributed by atoms with E-state index in [1.54, 1.807) is 12.1 Å². The van der Waals surface area contributed by atoms with Crippen LogP contribution in [0.2, 0.25) is 0 Å². The van der Waals surface area contributed by atoms with Gasteiger partial charge in [-0.2, -0.15) is 0 Å². The van der Waals surface area contributed by atoms with Crippen LogP contribution in [0.4, 0.5) is 5.69 Å². The van der Waals surface area contributed by atoms with Crippen LogP contribution in [0.5, 0.6) is 0 Å². The van der Waals surface area contributed by atoms with E-state index < -0.39 is 4.92 Å². The summed E-state index contributed by atoms with van der Waals surface area (Å²) in [6.45, 7) is 2.18. The maximum atomic E-state index is 10.7. The smallest absolute Gasteiger partial charge is 0.269 e. The van der Waals surface area contributed by atoms with E-state index in [1.165, 1.54) is 18.6 Å². The molecule has 0 bridgehead atoms. The number of non-ortho nitro benzene ring substituents is 1. The second-order valence-electron chi connectivity index (χ2n) is 5.71. The van der Waals surface area contributed by atoms with Crippen molar-refractivity contribution < 1.29 is 10.0 Å². The molecule has 1 aromatic rings. The van der Waals surface area contributed by atoms with Gasteiger partial charge in [0.2, 0.25) is 0 Å². The first-order valence-corrected chi connectivity index (χ1v) is 7.19. The van der Waals surface area contributed by atoms with Crippen molar-refractivity contribution in [3.8, 4) is 0 Å². The lowest BCUT2D eigenvalue weighted by Gasteiger charge is -2.39. The van der Waals surface area contributed by atoms with E-state index in [1.807, 2.05) is 6.92 Å². The highest BCUT2D eigenvalue weighted by Gasteiger charge is 2.32. The van der Waals surface area contributed by atoms with Crippen LogP contribution in [0, 0.1) is 10.1 Å². The SMILES string of the molecule is CC(NC1(CO)CCCCC1)c1ccc([N+](=O)[O-])cc1. The molecule has 0 saturated heterocycles. The molecule has 1 unspecified atom stereocenters. The van der Waals surface area contributed by atoms with Gasteiger partial charge in [-0.1, -0.05) is 31.4 Å². The number of nitro groups is 1. The first kappa shape index (κ1) is 14.9. The number of aliphatic hydroxyl groups is 1. The fourth-order valence-corrected chi connectivity index (χ4v) is 3.00. The Balaban J connectivity index is 2.06. The van der Waals surface area contributed by atoms with Crippen LogP contribution >= 0.6 is 0 Å². The Kier molecular flexibility index (Phi) is 4.73. The molecule has 2 rings (SSSR count). The Morgan fingerprint density at radius 3 is 2.40 bits per heavy atom. The quantitative estimate of drug-likeness (QED) is 0.641. The van der Waals surface area contributed by atoms with Crippen molar-refractivity contribution in [1.82, 2.24) is 5.32 Å². The molecule has 1 saturated carbocycles. The van der Waals surface area contributed by atoms with Gasteiger partial charge >= 0.3 is 0 Å². The number of hydrogen-bond donors (Lipinski definition) is 2. The molecule has 0 radical (unpaired) electrons. The summed E-state index contributed by atoms with van der Waals surface area (Å²) in [4.78, 5) is 10.3. The second kappa shape index (κ2) is 6.33. The summed E-state index contributed by atoms with van der Waals surface area (Å²) in [6, 6.07) is 6.69. The van der Waals surface area contributed by atoms with E-state index in [9.17, 15) is 15.2 Å². The highest BCUT2D eigenvalue weighted by Crippen LogP contribution is 2.30. The number of nitro benzene ring substituents is 1. The Morgan fingerprint density at radius 2 is 1.90 bits per heavy atom. The van der Waals surface area contributed by atoms with E-state index in [0.29, 0.717) is 0 Å². The zero-order valence-corrected chi connectivity index (χ0v) is 11.8. The van der Waals surface area contributed by atoms with Crippen molar-refractivity contribution in [3.63, 3.8) is 0 Å². The van der Waals surface area contributed by atoms with E-state index in [-0.39, 0.29) is 23.9 Å². The summed E-state index contributed by atoms with van der Waals surface area (Å²) < 4.78 is 0. The minimum atomic E-state index is -0.391. The fourth-order valence-electron chi connectivity index (χ4n) is 3.00. The van der Waals surface area contributed by atoms with Gasteiger partial charge in [0, 0.05) is 23.7 Å². The molecule has 0 amide bonds. The summed E-state index contributed by atoms with van der Waals surface area (Å²) in [5.74, 6) is 0. The van der Waals surface area contributed by atoms with Crippen molar-refractivity contribution in [2.24, 2.45) is 0 Å². The average molecular weight is 278 g/mol. The zero-order chi connectivity index (χ0) is 14.6. The van der Waals surface area contributed by atoms with Crippen molar-refractivity contribution >= 4 is 5.69 Å². The van der Waals surface area contributed by atoms with Crippen LogP contribution in [0.15, 0.2) is 24.3 Å². The van der Waals surface area contributed by atoms with Gasteiger partial charge in [-0.05, 0) is 25.3 Å². The molecule has 1 aliphatic carbocycles. The standard InChI is InChI=1S/C15H22N2O3/c1-12(13-5-7-14(8-6-13)17(19)20)16-15(11-18)9-3-2-4-10-15/h5-8,12,16,18H,2-4,9-11H2,1H3. The van der Waals surface area contributed by atoms with Gasteiger partial charge in [-0.15, -0.1) is 0 Å². The summed E-state index contributed by atoms with van der Waals surface area (Å²) in [7, 11) is 0. The highest BCUT2D eigenvalue weighted by molar-refractivity contribution is 5.34. The molecule has 0 aliphatic heterocycles. The largest absolute Gasteiger partial charge is 0.394 e. The molecule has 1 aromatic carbocycles.